The van der Waals surface area contributed by atoms with Crippen molar-refractivity contribution in [3.8, 4) is 5.75 Å². The molecule has 0 amide bonds. The number of methoxy groups -OCH3 is 1. The lowest BCUT2D eigenvalue weighted by Gasteiger charge is -2.17. The number of H-pyrrole nitrogens is 1. The average molecular weight is 323 g/mol. The maximum absolute atomic E-state index is 12.6. The van der Waals surface area contributed by atoms with Crippen molar-refractivity contribution in [1.29, 1.82) is 0 Å². The number of carbonyl (C=O) groups is 1. The Morgan fingerprint density at radius 2 is 2.16 bits per heavy atom. The van der Waals surface area contributed by atoms with E-state index in [9.17, 15) is 4.79 Å². The second-order valence-corrected chi connectivity index (χ2v) is 6.50. The third-order valence-electron chi connectivity index (χ3n) is 3.79. The summed E-state index contributed by atoms with van der Waals surface area (Å²) >= 11 is 3.62. The molecule has 0 bridgehead atoms. The molecule has 1 heterocycles. The molecule has 0 spiro atoms. The monoisotopic (exact) mass is 322 g/mol. The Hall–Kier alpha value is -1.36. The molecule has 3 rings (SSSR count). The molecule has 1 aliphatic rings. The Labute approximate surface area is 119 Å². The Balaban J connectivity index is 2.03. The van der Waals surface area contributed by atoms with Crippen molar-refractivity contribution >= 4 is 32.6 Å². The van der Waals surface area contributed by atoms with E-state index in [1.807, 2.05) is 18.2 Å². The van der Waals surface area contributed by atoms with Crippen molar-refractivity contribution in [2.24, 2.45) is 0 Å². The summed E-state index contributed by atoms with van der Waals surface area (Å²) in [6, 6.07) is 5.59. The topological polar surface area (TPSA) is 55.0 Å². The highest BCUT2D eigenvalue weighted by molar-refractivity contribution is 9.10. The van der Waals surface area contributed by atoms with Gasteiger partial charge in [0.2, 0.25) is 0 Å². The molecule has 19 heavy (non-hydrogen) atoms. The zero-order valence-electron chi connectivity index (χ0n) is 10.7. The number of ketones is 1. The third kappa shape index (κ3) is 2.06. The number of halogens is 1. The fourth-order valence-electron chi connectivity index (χ4n) is 2.67. The molecule has 4 nitrogen and oxygen atoms in total. The molecule has 1 aromatic heterocycles. The number of benzene rings is 1. The van der Waals surface area contributed by atoms with Crippen molar-refractivity contribution in [1.82, 2.24) is 10.2 Å². The minimum atomic E-state index is -0.422. The van der Waals surface area contributed by atoms with Crippen LogP contribution in [0.25, 0.3) is 10.9 Å². The van der Waals surface area contributed by atoms with E-state index < -0.39 is 4.32 Å². The molecule has 1 aromatic carbocycles. The number of aromatic nitrogens is 2. The molecular formula is C14H15BrN2O2. The van der Waals surface area contributed by atoms with Gasteiger partial charge in [0.05, 0.1) is 17.0 Å². The second kappa shape index (κ2) is 4.63. The van der Waals surface area contributed by atoms with Gasteiger partial charge in [-0.3, -0.25) is 9.89 Å². The second-order valence-electron chi connectivity index (χ2n) is 4.99. The molecule has 1 aliphatic carbocycles. The van der Waals surface area contributed by atoms with Crippen molar-refractivity contribution in [3.63, 3.8) is 0 Å². The molecular weight excluding hydrogens is 308 g/mol. The first-order valence-electron chi connectivity index (χ1n) is 6.40. The summed E-state index contributed by atoms with van der Waals surface area (Å²) in [4.78, 5) is 12.6. The van der Waals surface area contributed by atoms with E-state index >= 15 is 0 Å². The predicted octanol–water partition coefficient (Wildman–Crippen LogP) is 3.46. The largest absolute Gasteiger partial charge is 0.497 e. The number of ether oxygens (including phenoxy) is 1. The molecule has 1 saturated carbocycles. The Morgan fingerprint density at radius 1 is 1.42 bits per heavy atom. The normalized spacial score (nSPS) is 17.8. The lowest BCUT2D eigenvalue weighted by molar-refractivity contribution is 0.0945. The van der Waals surface area contributed by atoms with Gasteiger partial charge in [-0.1, -0.05) is 28.8 Å². The molecule has 0 atom stereocenters. The molecule has 0 saturated heterocycles. The van der Waals surface area contributed by atoms with Gasteiger partial charge in [0.15, 0.2) is 5.78 Å². The molecule has 0 unspecified atom stereocenters. The fourth-order valence-corrected chi connectivity index (χ4v) is 3.42. The van der Waals surface area contributed by atoms with Crippen LogP contribution in [0, 0.1) is 0 Å². The molecule has 0 aliphatic heterocycles. The fraction of sp³-hybridized carbons (Fsp3) is 0.429. The van der Waals surface area contributed by atoms with Gasteiger partial charge >= 0.3 is 0 Å². The number of fused-ring (bicyclic) bond motifs is 1. The molecule has 0 radical (unpaired) electrons. The van der Waals surface area contributed by atoms with Gasteiger partial charge in [-0.2, -0.15) is 5.10 Å². The molecule has 5 heteroatoms. The van der Waals surface area contributed by atoms with Crippen molar-refractivity contribution in [3.05, 3.63) is 23.9 Å². The van der Waals surface area contributed by atoms with Gasteiger partial charge in [-0.25, -0.2) is 0 Å². The number of hydrogen-bond donors (Lipinski definition) is 1. The maximum Gasteiger partial charge on any atom is 0.200 e. The van der Waals surface area contributed by atoms with E-state index in [4.69, 9.17) is 4.74 Å². The number of nitrogens with zero attached hydrogens (tertiary/aromatic N) is 1. The number of rotatable bonds is 3. The summed E-state index contributed by atoms with van der Waals surface area (Å²) in [5, 5.41) is 7.97. The minimum Gasteiger partial charge on any atom is -0.497 e. The van der Waals surface area contributed by atoms with Crippen LogP contribution in [0.15, 0.2) is 18.2 Å². The van der Waals surface area contributed by atoms with E-state index in [1.165, 1.54) is 0 Å². The SMILES string of the molecule is COc1ccc2c(C(=O)C3(Br)CCCC3)n[nH]c2c1. The van der Waals surface area contributed by atoms with Gasteiger partial charge in [-0.15, -0.1) is 0 Å². The Bertz CT molecular complexity index is 629. The first-order chi connectivity index (χ1) is 9.14. The zero-order valence-corrected chi connectivity index (χ0v) is 12.3. The highest BCUT2D eigenvalue weighted by atomic mass is 79.9. The third-order valence-corrected chi connectivity index (χ3v) is 4.94. The van der Waals surface area contributed by atoms with Crippen LogP contribution >= 0.6 is 15.9 Å². The number of Topliss-reactive ketones (excluding diaryl/α,β-unsaturated/α-hetero) is 1. The van der Waals surface area contributed by atoms with E-state index in [1.54, 1.807) is 7.11 Å². The first-order valence-corrected chi connectivity index (χ1v) is 7.19. The van der Waals surface area contributed by atoms with E-state index in [2.05, 4.69) is 26.1 Å². The van der Waals surface area contributed by atoms with Crippen LogP contribution in [0.1, 0.15) is 36.2 Å². The lowest BCUT2D eigenvalue weighted by Crippen LogP contribution is -2.28. The summed E-state index contributed by atoms with van der Waals surface area (Å²) in [7, 11) is 1.62. The Morgan fingerprint density at radius 3 is 2.84 bits per heavy atom. The van der Waals surface area contributed by atoms with Crippen LogP contribution in [-0.2, 0) is 0 Å². The number of nitrogens with one attached hydrogen (secondary N) is 1. The van der Waals surface area contributed by atoms with Gasteiger partial charge in [-0.05, 0) is 25.0 Å². The molecule has 1 N–H and O–H groups in total. The highest BCUT2D eigenvalue weighted by Gasteiger charge is 2.40. The number of hydrogen-bond acceptors (Lipinski definition) is 3. The minimum absolute atomic E-state index is 0.0846. The van der Waals surface area contributed by atoms with Crippen molar-refractivity contribution < 1.29 is 9.53 Å². The summed E-state index contributed by atoms with van der Waals surface area (Å²) < 4.78 is 4.75. The number of alkyl halides is 1. The van der Waals surface area contributed by atoms with Crippen LogP contribution in [0.5, 0.6) is 5.75 Å². The maximum atomic E-state index is 12.6. The van der Waals surface area contributed by atoms with Gasteiger partial charge in [0, 0.05) is 11.5 Å². The molecule has 2 aromatic rings. The van der Waals surface area contributed by atoms with Gasteiger partial charge in [0.1, 0.15) is 11.4 Å². The van der Waals surface area contributed by atoms with Crippen molar-refractivity contribution in [2.75, 3.05) is 7.11 Å². The molecule has 100 valence electrons. The van der Waals surface area contributed by atoms with E-state index in [-0.39, 0.29) is 5.78 Å². The van der Waals surface area contributed by atoms with E-state index in [0.717, 1.165) is 42.3 Å². The standard InChI is InChI=1S/C14H15BrN2O2/c1-19-9-4-5-10-11(8-9)16-17-12(10)13(18)14(15)6-2-3-7-14/h4-5,8H,2-3,6-7H2,1H3,(H,16,17). The quantitative estimate of drug-likeness (QED) is 0.695. The van der Waals surface area contributed by atoms with Crippen LogP contribution in [0.3, 0.4) is 0 Å². The van der Waals surface area contributed by atoms with E-state index in [0.29, 0.717) is 5.69 Å². The number of carbonyl (C=O) groups excluding carboxylic acids is 1. The Kier molecular flexibility index (Phi) is 3.09. The number of aromatic amines is 1. The van der Waals surface area contributed by atoms with Crippen molar-refractivity contribution in [2.45, 2.75) is 30.0 Å². The predicted molar refractivity (Wildman–Crippen MR) is 77.1 cm³/mol. The lowest BCUT2D eigenvalue weighted by atomic mass is 9.98. The van der Waals surface area contributed by atoms with Crippen LogP contribution < -0.4 is 4.74 Å². The van der Waals surface area contributed by atoms with Gasteiger partial charge in [0.25, 0.3) is 0 Å². The van der Waals surface area contributed by atoms with Crippen LogP contribution in [0.4, 0.5) is 0 Å². The first kappa shape index (κ1) is 12.7. The summed E-state index contributed by atoms with van der Waals surface area (Å²) in [6.45, 7) is 0. The van der Waals surface area contributed by atoms with Gasteiger partial charge < -0.3 is 4.74 Å². The van der Waals surface area contributed by atoms with Crippen LogP contribution in [0.2, 0.25) is 0 Å². The zero-order chi connectivity index (χ0) is 13.5. The summed E-state index contributed by atoms with van der Waals surface area (Å²) in [5.41, 5.74) is 1.35. The summed E-state index contributed by atoms with van der Waals surface area (Å²) in [6.07, 6.45) is 3.95. The summed E-state index contributed by atoms with van der Waals surface area (Å²) in [5.74, 6) is 0.839. The molecule has 1 fully saturated rings. The highest BCUT2D eigenvalue weighted by Crippen LogP contribution is 2.40. The van der Waals surface area contributed by atoms with Crippen LogP contribution in [-0.4, -0.2) is 27.4 Å². The smallest absolute Gasteiger partial charge is 0.200 e. The average Bonchev–Trinajstić information content (AvgIpc) is 3.04.